The Bertz CT molecular complexity index is 434. The van der Waals surface area contributed by atoms with Gasteiger partial charge in [-0.25, -0.2) is 0 Å². The van der Waals surface area contributed by atoms with Crippen molar-refractivity contribution in [1.29, 1.82) is 0 Å². The molecular weight excluding hydrogens is 803 g/mol. The first-order valence-electron chi connectivity index (χ1n) is 6.68. The Morgan fingerprint density at radius 1 is 1.42 bits per heavy atom. The zero-order valence-corrected chi connectivity index (χ0v) is 21.6. The SMILES string of the molecule is [2H]C[I-]c1c(C)cc(CC(I)[I-])c(CC[I-])c1CCI. The van der Waals surface area contributed by atoms with Gasteiger partial charge in [-0.1, -0.05) is 0 Å². The summed E-state index contributed by atoms with van der Waals surface area (Å²) >= 11 is 9.90. The fourth-order valence-electron chi connectivity index (χ4n) is 2.27. The van der Waals surface area contributed by atoms with E-state index in [4.69, 9.17) is 1.37 Å². The van der Waals surface area contributed by atoms with Crippen molar-refractivity contribution in [3.63, 3.8) is 0 Å². The molecule has 0 spiro atoms. The standard InChI is InChI=1S/C14H18I5/c1-9-7-10(8-13(17)18)11(3-5-15)12(4-6-16)14(9)19-2/h7,13H,3-6,8H2,1-2H3/q-3/i2D. The predicted molar refractivity (Wildman–Crippen MR) is 88.5 cm³/mol. The van der Waals surface area contributed by atoms with Crippen molar-refractivity contribution < 1.29 is 67.8 Å². The first-order valence-corrected chi connectivity index (χ1v) is 14.1. The summed E-state index contributed by atoms with van der Waals surface area (Å²) in [6, 6.07) is 2.42. The van der Waals surface area contributed by atoms with Crippen LogP contribution in [0.5, 0.6) is 0 Å². The molecular formula is C14H18I5-3. The molecule has 0 unspecified atom stereocenters. The van der Waals surface area contributed by atoms with E-state index in [1.54, 1.807) is 20.3 Å². The van der Waals surface area contributed by atoms with Crippen LogP contribution in [0.25, 0.3) is 0 Å². The zero-order chi connectivity index (χ0) is 15.1. The van der Waals surface area contributed by atoms with E-state index in [1.807, 2.05) is 0 Å². The van der Waals surface area contributed by atoms with Gasteiger partial charge in [0, 0.05) is 0 Å². The molecule has 0 aliphatic heterocycles. The maximum absolute atomic E-state index is 7.65. The van der Waals surface area contributed by atoms with E-state index < -0.39 is 0 Å². The van der Waals surface area contributed by atoms with Gasteiger partial charge in [-0.05, 0) is 0 Å². The Hall–Kier alpha value is 2.87. The topological polar surface area (TPSA) is 0 Å². The van der Waals surface area contributed by atoms with E-state index in [-0.39, 0.29) is 21.2 Å². The average molecular weight is 822 g/mol. The summed E-state index contributed by atoms with van der Waals surface area (Å²) in [7, 11) is 0. The molecule has 0 amide bonds. The summed E-state index contributed by atoms with van der Waals surface area (Å²) < 4.78 is 12.2. The average Bonchev–Trinajstić information content (AvgIpc) is 2.37. The second-order valence-corrected chi connectivity index (χ2v) is 13.6. The molecule has 0 saturated carbocycles. The Morgan fingerprint density at radius 3 is 2.68 bits per heavy atom. The Labute approximate surface area is 183 Å². The first kappa shape index (κ1) is 18.2. The van der Waals surface area contributed by atoms with Crippen molar-refractivity contribution in [2.75, 3.05) is 13.8 Å². The number of benzene rings is 1. The van der Waals surface area contributed by atoms with Crippen LogP contribution in [0.1, 0.15) is 23.6 Å². The molecule has 0 atom stereocenters. The Balaban J connectivity index is 3.38. The van der Waals surface area contributed by atoms with Crippen LogP contribution in [0.15, 0.2) is 6.07 Å². The third kappa shape index (κ3) is 6.11. The van der Waals surface area contributed by atoms with Gasteiger partial charge in [-0.2, -0.15) is 0 Å². The molecule has 5 heteroatoms. The molecule has 0 nitrogen and oxygen atoms in total. The summed E-state index contributed by atoms with van der Waals surface area (Å²) in [6.45, 7) is 2.26. The fraction of sp³-hybridized carbons (Fsp3) is 0.571. The van der Waals surface area contributed by atoms with E-state index in [2.05, 4.69) is 103 Å². The maximum atomic E-state index is 7.65. The minimum absolute atomic E-state index is 0.131. The third-order valence-electron chi connectivity index (χ3n) is 2.95. The summed E-state index contributed by atoms with van der Waals surface area (Å²) in [4.78, 5) is 0.609. The number of aryl methyl sites for hydroxylation is 1. The number of hydrogen-bond donors (Lipinski definition) is 0. The summed E-state index contributed by atoms with van der Waals surface area (Å²) in [5, 5.41) is 0. The van der Waals surface area contributed by atoms with Crippen LogP contribution in [-0.4, -0.2) is 15.7 Å². The predicted octanol–water partition coefficient (Wildman–Crippen LogP) is -5.19. The molecule has 19 heavy (non-hydrogen) atoms. The zero-order valence-electron chi connectivity index (χ0n) is 11.8. The molecule has 0 saturated heterocycles. The van der Waals surface area contributed by atoms with Gasteiger partial charge in [0.25, 0.3) is 0 Å². The van der Waals surface area contributed by atoms with E-state index in [0.29, 0.717) is 6.84 Å². The van der Waals surface area contributed by atoms with Crippen molar-refractivity contribution in [1.82, 2.24) is 0 Å². The van der Waals surface area contributed by atoms with Gasteiger partial charge in [0.2, 0.25) is 0 Å². The number of hydrogen-bond acceptors (Lipinski definition) is 0. The van der Waals surface area contributed by atoms with Gasteiger partial charge < -0.3 is 0 Å². The van der Waals surface area contributed by atoms with Crippen LogP contribution in [-0.2, 0) is 19.3 Å². The van der Waals surface area contributed by atoms with Gasteiger partial charge in [-0.3, -0.25) is 0 Å². The Kier molecular flexibility index (Phi) is 10.2. The molecule has 2 radical (unpaired) electrons. The second kappa shape index (κ2) is 10.6. The molecule has 0 heterocycles. The Morgan fingerprint density at radius 2 is 2.16 bits per heavy atom. The van der Waals surface area contributed by atoms with Crippen LogP contribution in [0.2, 0.25) is 0 Å². The number of rotatable bonds is 7. The molecule has 0 aromatic heterocycles. The molecule has 112 valence electrons. The van der Waals surface area contributed by atoms with Gasteiger partial charge in [0.05, 0.1) is 0 Å². The molecule has 0 aliphatic rings. The molecule has 1 aromatic rings. The van der Waals surface area contributed by atoms with Crippen LogP contribution < -0.4 is 66.4 Å². The van der Waals surface area contributed by atoms with Gasteiger partial charge in [0.1, 0.15) is 0 Å². The van der Waals surface area contributed by atoms with Gasteiger partial charge in [0.15, 0.2) is 0 Å². The second-order valence-electron chi connectivity index (χ2n) is 4.23. The van der Waals surface area contributed by atoms with Crippen molar-refractivity contribution >= 4 is 45.2 Å². The van der Waals surface area contributed by atoms with Crippen LogP contribution in [0.4, 0.5) is 0 Å². The van der Waals surface area contributed by atoms with Crippen molar-refractivity contribution in [2.45, 2.75) is 28.1 Å². The quantitative estimate of drug-likeness (QED) is 0.191. The van der Waals surface area contributed by atoms with E-state index >= 15 is 0 Å². The van der Waals surface area contributed by atoms with Crippen LogP contribution in [0.3, 0.4) is 0 Å². The fourth-order valence-corrected chi connectivity index (χ4v) is 6.11. The van der Waals surface area contributed by atoms with Gasteiger partial charge in [-0.15, -0.1) is 0 Å². The summed E-state index contributed by atoms with van der Waals surface area (Å²) in [5.74, 6) is 0. The summed E-state index contributed by atoms with van der Waals surface area (Å²) in [6.07, 6.45) is 3.54. The molecule has 0 fully saturated rings. The van der Waals surface area contributed by atoms with E-state index in [1.165, 1.54) is 33.7 Å². The monoisotopic (exact) mass is 822 g/mol. The van der Waals surface area contributed by atoms with E-state index in [9.17, 15) is 0 Å². The van der Waals surface area contributed by atoms with Gasteiger partial charge >= 0.3 is 187 Å². The first-order chi connectivity index (χ1) is 9.54. The van der Waals surface area contributed by atoms with Crippen LogP contribution >= 0.6 is 45.2 Å². The van der Waals surface area contributed by atoms with Crippen molar-refractivity contribution in [2.24, 2.45) is 0 Å². The summed E-state index contributed by atoms with van der Waals surface area (Å²) in [5.41, 5.74) is 6.24. The normalized spacial score (nSPS) is 13.6. The van der Waals surface area contributed by atoms with Crippen molar-refractivity contribution in [3.8, 4) is 0 Å². The molecule has 0 N–H and O–H groups in total. The molecule has 1 aromatic carbocycles. The number of alkyl halides is 5. The number of halogens is 5. The third-order valence-corrected chi connectivity index (χ3v) is 7.17. The molecule has 1 rings (SSSR count). The van der Waals surface area contributed by atoms with Crippen LogP contribution in [0, 0.1) is 10.5 Å². The van der Waals surface area contributed by atoms with Crippen molar-refractivity contribution in [3.05, 3.63) is 31.9 Å². The molecule has 0 aliphatic carbocycles. The molecule has 0 bridgehead atoms. The minimum atomic E-state index is -0.131. The van der Waals surface area contributed by atoms with E-state index in [0.717, 1.165) is 0 Å².